The summed E-state index contributed by atoms with van der Waals surface area (Å²) in [5.74, 6) is 1.47. The van der Waals surface area contributed by atoms with Crippen molar-refractivity contribution in [2.24, 2.45) is 11.7 Å². The zero-order valence-electron chi connectivity index (χ0n) is 7.76. The fourth-order valence-corrected chi connectivity index (χ4v) is 2.42. The molecule has 2 N–H and O–H groups in total. The Morgan fingerprint density at radius 1 is 1.54 bits per heavy atom. The number of nitrogens with two attached hydrogens (primary N) is 1. The third kappa shape index (κ3) is 1.79. The van der Waals surface area contributed by atoms with E-state index in [1.165, 1.54) is 22.0 Å². The van der Waals surface area contributed by atoms with Crippen LogP contribution < -0.4 is 5.73 Å². The van der Waals surface area contributed by atoms with Gasteiger partial charge in [0.15, 0.2) is 0 Å². The first-order valence-corrected chi connectivity index (χ1v) is 5.48. The van der Waals surface area contributed by atoms with Crippen LogP contribution in [-0.4, -0.2) is 6.54 Å². The zero-order valence-corrected chi connectivity index (χ0v) is 9.34. The van der Waals surface area contributed by atoms with Crippen molar-refractivity contribution in [2.75, 3.05) is 6.54 Å². The van der Waals surface area contributed by atoms with Gasteiger partial charge < -0.3 is 5.73 Å². The summed E-state index contributed by atoms with van der Waals surface area (Å²) in [6.07, 6.45) is 1.28. The smallest absolute Gasteiger partial charge is 0.0178 e. The summed E-state index contributed by atoms with van der Waals surface area (Å²) in [5.41, 5.74) is 8.50. The van der Waals surface area contributed by atoms with E-state index in [4.69, 9.17) is 5.73 Å². The fraction of sp³-hybridized carbons (Fsp3) is 0.455. The third-order valence-electron chi connectivity index (χ3n) is 2.86. The Kier molecular flexibility index (Phi) is 2.43. The van der Waals surface area contributed by atoms with Crippen LogP contribution in [0.2, 0.25) is 0 Å². The second-order valence-electron chi connectivity index (χ2n) is 3.84. The maximum Gasteiger partial charge on any atom is 0.0178 e. The van der Waals surface area contributed by atoms with Gasteiger partial charge in [-0.3, -0.25) is 0 Å². The van der Waals surface area contributed by atoms with E-state index < -0.39 is 0 Å². The van der Waals surface area contributed by atoms with E-state index in [1.807, 2.05) is 0 Å². The topological polar surface area (TPSA) is 26.0 Å². The first kappa shape index (κ1) is 9.22. The summed E-state index contributed by atoms with van der Waals surface area (Å²) in [5, 5.41) is 0. The molecule has 0 unspecified atom stereocenters. The molecule has 1 aromatic rings. The molecule has 0 bridgehead atoms. The Bertz CT molecular complexity index is 322. The van der Waals surface area contributed by atoms with Crippen LogP contribution in [0.5, 0.6) is 0 Å². The van der Waals surface area contributed by atoms with Gasteiger partial charge in [0.1, 0.15) is 0 Å². The average molecular weight is 240 g/mol. The normalized spacial score (nSPS) is 26.1. The highest BCUT2D eigenvalue weighted by molar-refractivity contribution is 9.10. The Labute approximate surface area is 87.5 Å². The van der Waals surface area contributed by atoms with Crippen molar-refractivity contribution in [1.29, 1.82) is 0 Å². The number of rotatable bonds is 2. The largest absolute Gasteiger partial charge is 0.330 e. The molecule has 0 radical (unpaired) electrons. The second kappa shape index (κ2) is 3.43. The monoisotopic (exact) mass is 239 g/mol. The molecule has 0 aliphatic heterocycles. The van der Waals surface area contributed by atoms with Crippen molar-refractivity contribution < 1.29 is 0 Å². The maximum absolute atomic E-state index is 5.63. The predicted octanol–water partition coefficient (Wildman–Crippen LogP) is 2.82. The molecular formula is C11H14BrN. The number of hydrogen-bond donors (Lipinski definition) is 1. The van der Waals surface area contributed by atoms with Crippen LogP contribution in [0.15, 0.2) is 22.7 Å². The van der Waals surface area contributed by atoms with Gasteiger partial charge in [-0.2, -0.15) is 0 Å². The quantitative estimate of drug-likeness (QED) is 0.845. The van der Waals surface area contributed by atoms with Crippen LogP contribution in [0.25, 0.3) is 0 Å². The summed E-state index contributed by atoms with van der Waals surface area (Å²) in [6, 6.07) is 6.52. The van der Waals surface area contributed by atoms with E-state index >= 15 is 0 Å². The van der Waals surface area contributed by atoms with Crippen LogP contribution in [0.4, 0.5) is 0 Å². The van der Waals surface area contributed by atoms with Crippen molar-refractivity contribution in [3.63, 3.8) is 0 Å². The predicted molar refractivity (Wildman–Crippen MR) is 58.8 cm³/mol. The molecule has 1 aliphatic rings. The summed E-state index contributed by atoms with van der Waals surface area (Å²) < 4.78 is 1.17. The molecule has 2 heteroatoms. The summed E-state index contributed by atoms with van der Waals surface area (Å²) in [7, 11) is 0. The van der Waals surface area contributed by atoms with E-state index in [9.17, 15) is 0 Å². The van der Waals surface area contributed by atoms with Crippen molar-refractivity contribution in [3.05, 3.63) is 33.8 Å². The lowest BCUT2D eigenvalue weighted by Crippen LogP contribution is -2.02. The minimum atomic E-state index is 0.734. The lowest BCUT2D eigenvalue weighted by Gasteiger charge is -2.04. The van der Waals surface area contributed by atoms with E-state index in [1.54, 1.807) is 0 Å². The first-order valence-electron chi connectivity index (χ1n) is 4.68. The minimum absolute atomic E-state index is 0.734. The van der Waals surface area contributed by atoms with Gasteiger partial charge in [-0.25, -0.2) is 0 Å². The van der Waals surface area contributed by atoms with Gasteiger partial charge in [-0.05, 0) is 55.0 Å². The van der Waals surface area contributed by atoms with Crippen LogP contribution in [0.3, 0.4) is 0 Å². The Hall–Kier alpha value is -0.340. The van der Waals surface area contributed by atoms with Crippen molar-refractivity contribution in [2.45, 2.75) is 19.3 Å². The molecule has 0 amide bonds. The van der Waals surface area contributed by atoms with E-state index in [2.05, 4.69) is 41.1 Å². The number of hydrogen-bond acceptors (Lipinski definition) is 1. The molecule has 1 nitrogen and oxygen atoms in total. The van der Waals surface area contributed by atoms with Crippen LogP contribution in [0.1, 0.15) is 23.5 Å². The molecule has 2 rings (SSSR count). The fourth-order valence-electron chi connectivity index (χ4n) is 1.94. The molecule has 1 aromatic carbocycles. The standard InChI is InChI=1S/C11H14BrN/c1-7-4-9(12)2-3-10(7)11-5-8(11)6-13/h2-4,8,11H,5-6,13H2,1H3/t8-,11+/m0/s1. The Balaban J connectivity index is 2.22. The number of aryl methyl sites for hydroxylation is 1. The zero-order chi connectivity index (χ0) is 9.42. The van der Waals surface area contributed by atoms with Gasteiger partial charge in [0.25, 0.3) is 0 Å². The Morgan fingerprint density at radius 3 is 2.85 bits per heavy atom. The molecule has 0 saturated heterocycles. The van der Waals surface area contributed by atoms with Gasteiger partial charge in [-0.15, -0.1) is 0 Å². The molecule has 0 spiro atoms. The Morgan fingerprint density at radius 2 is 2.31 bits per heavy atom. The van der Waals surface area contributed by atoms with E-state index in [-0.39, 0.29) is 0 Å². The van der Waals surface area contributed by atoms with Crippen LogP contribution >= 0.6 is 15.9 Å². The molecular weight excluding hydrogens is 226 g/mol. The molecule has 0 heterocycles. The summed E-state index contributed by atoms with van der Waals surface area (Å²) in [6.45, 7) is 3.01. The lowest BCUT2D eigenvalue weighted by atomic mass is 10.0. The highest BCUT2D eigenvalue weighted by Crippen LogP contribution is 2.47. The number of halogens is 1. The van der Waals surface area contributed by atoms with Crippen molar-refractivity contribution >= 4 is 15.9 Å². The van der Waals surface area contributed by atoms with Gasteiger partial charge in [0.05, 0.1) is 0 Å². The third-order valence-corrected chi connectivity index (χ3v) is 3.35. The molecule has 13 heavy (non-hydrogen) atoms. The molecule has 1 aliphatic carbocycles. The molecule has 1 saturated carbocycles. The van der Waals surface area contributed by atoms with Gasteiger partial charge in [-0.1, -0.05) is 22.0 Å². The molecule has 1 fully saturated rings. The van der Waals surface area contributed by atoms with E-state index in [0.29, 0.717) is 0 Å². The first-order chi connectivity index (χ1) is 6.22. The van der Waals surface area contributed by atoms with E-state index in [0.717, 1.165) is 18.4 Å². The summed E-state index contributed by atoms with van der Waals surface area (Å²) in [4.78, 5) is 0. The molecule has 70 valence electrons. The van der Waals surface area contributed by atoms with Crippen LogP contribution in [-0.2, 0) is 0 Å². The van der Waals surface area contributed by atoms with Crippen molar-refractivity contribution in [1.82, 2.24) is 0 Å². The SMILES string of the molecule is Cc1cc(Br)ccc1[C@@H]1C[C@H]1CN. The second-order valence-corrected chi connectivity index (χ2v) is 4.75. The highest BCUT2D eigenvalue weighted by atomic mass is 79.9. The lowest BCUT2D eigenvalue weighted by molar-refractivity contribution is 0.807. The minimum Gasteiger partial charge on any atom is -0.330 e. The molecule has 0 aromatic heterocycles. The van der Waals surface area contributed by atoms with Crippen LogP contribution in [0, 0.1) is 12.8 Å². The van der Waals surface area contributed by atoms with Gasteiger partial charge >= 0.3 is 0 Å². The van der Waals surface area contributed by atoms with Gasteiger partial charge in [0, 0.05) is 4.47 Å². The van der Waals surface area contributed by atoms with Gasteiger partial charge in [0.2, 0.25) is 0 Å². The highest BCUT2D eigenvalue weighted by Gasteiger charge is 2.37. The molecule has 2 atom stereocenters. The van der Waals surface area contributed by atoms with Crippen molar-refractivity contribution in [3.8, 4) is 0 Å². The average Bonchev–Trinajstić information content (AvgIpc) is 2.83. The maximum atomic E-state index is 5.63. The number of benzene rings is 1. The summed E-state index contributed by atoms with van der Waals surface area (Å²) >= 11 is 3.47.